The zero-order chi connectivity index (χ0) is 13.1. The van der Waals surface area contributed by atoms with Crippen molar-refractivity contribution in [2.75, 3.05) is 12.4 Å². The summed E-state index contributed by atoms with van der Waals surface area (Å²) in [6.07, 6.45) is 2.07. The average molecular weight is 438 g/mol. The summed E-state index contributed by atoms with van der Waals surface area (Å²) in [6, 6.07) is 2.06. The summed E-state index contributed by atoms with van der Waals surface area (Å²) < 4.78 is 2.20. The van der Waals surface area contributed by atoms with Crippen molar-refractivity contribution in [2.24, 2.45) is 0 Å². The van der Waals surface area contributed by atoms with Crippen LogP contribution < -0.4 is 5.32 Å². The van der Waals surface area contributed by atoms with E-state index in [9.17, 15) is 0 Å². The highest BCUT2D eigenvalue weighted by molar-refractivity contribution is 14.1. The maximum Gasteiger partial charge on any atom is 0.171 e. The molecule has 2 aromatic heterocycles. The molecule has 0 unspecified atom stereocenters. The Morgan fingerprint density at radius 2 is 2.22 bits per heavy atom. The lowest BCUT2D eigenvalue weighted by atomic mass is 10.2. The van der Waals surface area contributed by atoms with Gasteiger partial charge in [0.05, 0.1) is 14.1 Å². The second kappa shape index (κ2) is 6.29. The lowest BCUT2D eigenvalue weighted by Gasteiger charge is -2.09. The van der Waals surface area contributed by atoms with Crippen LogP contribution in [0, 0.1) is 3.57 Å². The minimum absolute atomic E-state index is 0.805. The SMILES string of the molecule is CCCc1nc(-c2cc(Br)cs2)nc(NC)c1I. The molecule has 0 saturated heterocycles. The quantitative estimate of drug-likeness (QED) is 0.712. The lowest BCUT2D eigenvalue weighted by molar-refractivity contribution is 0.868. The number of aryl methyl sites for hydroxylation is 1. The molecule has 96 valence electrons. The number of nitrogens with zero attached hydrogens (tertiary/aromatic N) is 2. The second-order valence-electron chi connectivity index (χ2n) is 3.79. The van der Waals surface area contributed by atoms with Crippen molar-refractivity contribution in [1.29, 1.82) is 0 Å². The third-order valence-electron chi connectivity index (χ3n) is 2.43. The summed E-state index contributed by atoms with van der Waals surface area (Å²) in [5.74, 6) is 1.72. The average Bonchev–Trinajstić information content (AvgIpc) is 2.79. The molecule has 2 aromatic rings. The molecule has 0 saturated carbocycles. The molecular formula is C12H13BrIN3S. The minimum Gasteiger partial charge on any atom is -0.372 e. The molecule has 0 bridgehead atoms. The van der Waals surface area contributed by atoms with E-state index < -0.39 is 0 Å². The topological polar surface area (TPSA) is 37.8 Å². The Labute approximate surface area is 133 Å². The normalized spacial score (nSPS) is 10.7. The molecule has 0 aliphatic heterocycles. The van der Waals surface area contributed by atoms with Crippen molar-refractivity contribution in [1.82, 2.24) is 9.97 Å². The summed E-state index contributed by atoms with van der Waals surface area (Å²) in [5.41, 5.74) is 1.12. The molecule has 0 aliphatic rings. The first kappa shape index (κ1) is 14.2. The van der Waals surface area contributed by atoms with Gasteiger partial charge in [0.1, 0.15) is 5.82 Å². The van der Waals surface area contributed by atoms with Crippen molar-refractivity contribution in [3.63, 3.8) is 0 Å². The molecule has 2 heterocycles. The van der Waals surface area contributed by atoms with Gasteiger partial charge in [0.2, 0.25) is 0 Å². The fourth-order valence-electron chi connectivity index (χ4n) is 1.60. The first-order chi connectivity index (χ1) is 8.65. The van der Waals surface area contributed by atoms with Crippen LogP contribution in [0.15, 0.2) is 15.9 Å². The summed E-state index contributed by atoms with van der Waals surface area (Å²) in [7, 11) is 1.90. The van der Waals surface area contributed by atoms with Crippen LogP contribution in [-0.2, 0) is 6.42 Å². The highest BCUT2D eigenvalue weighted by Gasteiger charge is 2.13. The van der Waals surface area contributed by atoms with Crippen LogP contribution in [0.1, 0.15) is 19.0 Å². The van der Waals surface area contributed by atoms with E-state index in [4.69, 9.17) is 0 Å². The number of aromatic nitrogens is 2. The van der Waals surface area contributed by atoms with Crippen LogP contribution >= 0.6 is 49.9 Å². The van der Waals surface area contributed by atoms with Crippen molar-refractivity contribution < 1.29 is 0 Å². The summed E-state index contributed by atoms with van der Waals surface area (Å²) in [4.78, 5) is 10.4. The Kier molecular flexibility index (Phi) is 4.97. The first-order valence-corrected chi connectivity index (χ1v) is 8.39. The van der Waals surface area contributed by atoms with Crippen LogP contribution in [0.2, 0.25) is 0 Å². The maximum absolute atomic E-state index is 4.69. The number of hydrogen-bond acceptors (Lipinski definition) is 4. The van der Waals surface area contributed by atoms with Gasteiger partial charge in [-0.05, 0) is 51.0 Å². The van der Waals surface area contributed by atoms with Crippen molar-refractivity contribution in [3.05, 3.63) is 25.2 Å². The molecule has 0 amide bonds. The summed E-state index contributed by atoms with van der Waals surface area (Å²) >= 11 is 7.43. The van der Waals surface area contributed by atoms with Gasteiger partial charge in [-0.15, -0.1) is 11.3 Å². The lowest BCUT2D eigenvalue weighted by Crippen LogP contribution is -2.04. The van der Waals surface area contributed by atoms with Crippen molar-refractivity contribution in [3.8, 4) is 10.7 Å². The van der Waals surface area contributed by atoms with Gasteiger partial charge in [-0.2, -0.15) is 0 Å². The molecule has 6 heteroatoms. The number of halogens is 2. The van der Waals surface area contributed by atoms with Gasteiger partial charge in [-0.1, -0.05) is 13.3 Å². The van der Waals surface area contributed by atoms with Gasteiger partial charge in [-0.25, -0.2) is 9.97 Å². The Hall–Kier alpha value is -0.210. The van der Waals surface area contributed by atoms with Gasteiger partial charge in [0.25, 0.3) is 0 Å². The Morgan fingerprint density at radius 3 is 2.78 bits per heavy atom. The molecule has 3 nitrogen and oxygen atoms in total. The van der Waals surface area contributed by atoms with Gasteiger partial charge in [0.15, 0.2) is 5.82 Å². The zero-order valence-corrected chi connectivity index (χ0v) is 14.7. The van der Waals surface area contributed by atoms with Crippen LogP contribution in [0.5, 0.6) is 0 Å². The number of hydrogen-bond donors (Lipinski definition) is 1. The molecule has 0 fully saturated rings. The number of anilines is 1. The van der Waals surface area contributed by atoms with E-state index in [1.807, 2.05) is 7.05 Å². The fraction of sp³-hybridized carbons (Fsp3) is 0.333. The van der Waals surface area contributed by atoms with Crippen LogP contribution in [0.3, 0.4) is 0 Å². The van der Waals surface area contributed by atoms with Gasteiger partial charge < -0.3 is 5.32 Å². The van der Waals surface area contributed by atoms with E-state index in [2.05, 4.69) is 72.2 Å². The summed E-state index contributed by atoms with van der Waals surface area (Å²) in [5, 5.41) is 5.20. The number of thiophene rings is 1. The van der Waals surface area contributed by atoms with E-state index in [-0.39, 0.29) is 0 Å². The van der Waals surface area contributed by atoms with Gasteiger partial charge in [-0.3, -0.25) is 0 Å². The highest BCUT2D eigenvalue weighted by Crippen LogP contribution is 2.30. The predicted molar refractivity (Wildman–Crippen MR) is 89.3 cm³/mol. The minimum atomic E-state index is 0.805. The first-order valence-electron chi connectivity index (χ1n) is 5.64. The third kappa shape index (κ3) is 3.03. The zero-order valence-electron chi connectivity index (χ0n) is 10.1. The Bertz CT molecular complexity index is 556. The molecule has 0 atom stereocenters. The van der Waals surface area contributed by atoms with E-state index in [0.717, 1.165) is 43.1 Å². The molecule has 18 heavy (non-hydrogen) atoms. The molecule has 0 spiro atoms. The fourth-order valence-corrected chi connectivity index (χ4v) is 3.74. The van der Waals surface area contributed by atoms with Crippen LogP contribution in [0.4, 0.5) is 5.82 Å². The second-order valence-corrected chi connectivity index (χ2v) is 6.69. The highest BCUT2D eigenvalue weighted by atomic mass is 127. The van der Waals surface area contributed by atoms with E-state index in [0.29, 0.717) is 0 Å². The maximum atomic E-state index is 4.69. The standard InChI is InChI=1S/C12H13BrIN3S/c1-3-4-8-10(14)12(15-2)17-11(16-8)9-5-7(13)6-18-9/h5-6H,3-4H2,1-2H3,(H,15,16,17). The summed E-state index contributed by atoms with van der Waals surface area (Å²) in [6.45, 7) is 2.17. The van der Waals surface area contributed by atoms with Crippen molar-refractivity contribution >= 4 is 55.7 Å². The molecule has 1 N–H and O–H groups in total. The largest absolute Gasteiger partial charge is 0.372 e. The molecular weight excluding hydrogens is 425 g/mol. The van der Waals surface area contributed by atoms with Crippen LogP contribution in [0.25, 0.3) is 10.7 Å². The number of rotatable bonds is 4. The number of nitrogens with one attached hydrogen (secondary N) is 1. The van der Waals surface area contributed by atoms with Crippen molar-refractivity contribution in [2.45, 2.75) is 19.8 Å². The van der Waals surface area contributed by atoms with E-state index in [1.54, 1.807) is 11.3 Å². The van der Waals surface area contributed by atoms with Gasteiger partial charge >= 0.3 is 0 Å². The smallest absolute Gasteiger partial charge is 0.171 e. The molecule has 0 aliphatic carbocycles. The Morgan fingerprint density at radius 1 is 1.44 bits per heavy atom. The van der Waals surface area contributed by atoms with E-state index in [1.165, 1.54) is 0 Å². The monoisotopic (exact) mass is 437 g/mol. The predicted octanol–water partition coefficient (Wildman–Crippen LogP) is 4.57. The molecule has 0 radical (unpaired) electrons. The third-order valence-corrected chi connectivity index (χ3v) is 5.25. The van der Waals surface area contributed by atoms with E-state index >= 15 is 0 Å². The van der Waals surface area contributed by atoms with Gasteiger partial charge in [0, 0.05) is 16.9 Å². The molecule has 0 aromatic carbocycles. The molecule has 2 rings (SSSR count). The van der Waals surface area contributed by atoms with Crippen LogP contribution in [-0.4, -0.2) is 17.0 Å². The Balaban J connectivity index is 2.51.